The highest BCUT2D eigenvalue weighted by Crippen LogP contribution is 2.19. The second-order valence-corrected chi connectivity index (χ2v) is 4.27. The molecule has 0 saturated carbocycles. The molecule has 4 heteroatoms. The molecule has 0 radical (unpaired) electrons. The lowest BCUT2D eigenvalue weighted by Gasteiger charge is -2.08. The van der Waals surface area contributed by atoms with Crippen molar-refractivity contribution in [3.63, 3.8) is 0 Å². The quantitative estimate of drug-likeness (QED) is 0.741. The van der Waals surface area contributed by atoms with Crippen LogP contribution in [0.3, 0.4) is 0 Å². The summed E-state index contributed by atoms with van der Waals surface area (Å²) in [5.74, 6) is 0.940. The maximum atomic E-state index is 5.41. The summed E-state index contributed by atoms with van der Waals surface area (Å²) in [5, 5.41) is 5.72. The molecule has 2 aromatic rings. The molecular weight excluding hydrogens is 240 g/mol. The van der Waals surface area contributed by atoms with Gasteiger partial charge >= 0.3 is 0 Å². The van der Waals surface area contributed by atoms with E-state index in [4.69, 9.17) is 9.47 Å². The van der Waals surface area contributed by atoms with Crippen LogP contribution in [0.15, 0.2) is 36.5 Å². The van der Waals surface area contributed by atoms with Gasteiger partial charge in [0.1, 0.15) is 5.82 Å². The topological polar surface area (TPSA) is 43.4 Å². The van der Waals surface area contributed by atoms with E-state index in [1.54, 1.807) is 7.11 Å². The number of hydrogen-bond acceptors (Lipinski definition) is 4. The van der Waals surface area contributed by atoms with Crippen LogP contribution in [0.2, 0.25) is 0 Å². The van der Waals surface area contributed by atoms with Gasteiger partial charge in [-0.05, 0) is 17.9 Å². The first kappa shape index (κ1) is 13.8. The predicted molar refractivity (Wildman–Crippen MR) is 77.5 cm³/mol. The normalized spacial score (nSPS) is 10.8. The van der Waals surface area contributed by atoms with Crippen molar-refractivity contribution in [3.05, 3.63) is 36.5 Å². The molecule has 0 saturated heterocycles. The number of rotatable bonds is 8. The van der Waals surface area contributed by atoms with Crippen molar-refractivity contribution in [2.75, 3.05) is 38.8 Å². The molecule has 102 valence electrons. The standard InChI is InChI=1S/C15H20N2O2/c1-18-11-12-19-10-4-8-16-15-14-6-3-2-5-13(14)7-9-17-15/h2-3,5-7,9H,4,8,10-12H2,1H3,(H,16,17). The molecule has 0 bridgehead atoms. The lowest BCUT2D eigenvalue weighted by Crippen LogP contribution is -2.09. The highest BCUT2D eigenvalue weighted by molar-refractivity contribution is 5.91. The van der Waals surface area contributed by atoms with Crippen molar-refractivity contribution in [1.82, 2.24) is 4.98 Å². The summed E-state index contributed by atoms with van der Waals surface area (Å²) in [5.41, 5.74) is 0. The van der Waals surface area contributed by atoms with Crippen LogP contribution in [-0.4, -0.2) is 38.5 Å². The van der Waals surface area contributed by atoms with Crippen LogP contribution in [0.1, 0.15) is 6.42 Å². The number of hydrogen-bond donors (Lipinski definition) is 1. The highest BCUT2D eigenvalue weighted by Gasteiger charge is 2.00. The molecule has 0 spiro atoms. The third kappa shape index (κ3) is 4.19. The lowest BCUT2D eigenvalue weighted by molar-refractivity contribution is 0.0705. The number of aromatic nitrogens is 1. The fraction of sp³-hybridized carbons (Fsp3) is 0.400. The molecule has 0 atom stereocenters. The zero-order chi connectivity index (χ0) is 13.3. The van der Waals surface area contributed by atoms with Crippen molar-refractivity contribution in [2.45, 2.75) is 6.42 Å². The molecule has 0 fully saturated rings. The minimum absolute atomic E-state index is 0.651. The lowest BCUT2D eigenvalue weighted by atomic mass is 10.1. The van der Waals surface area contributed by atoms with Gasteiger partial charge in [-0.25, -0.2) is 4.98 Å². The Morgan fingerprint density at radius 1 is 1.11 bits per heavy atom. The number of nitrogens with one attached hydrogen (secondary N) is 1. The van der Waals surface area contributed by atoms with E-state index < -0.39 is 0 Å². The Morgan fingerprint density at radius 3 is 2.89 bits per heavy atom. The molecule has 1 N–H and O–H groups in total. The Bertz CT molecular complexity index is 497. The average molecular weight is 260 g/mol. The summed E-state index contributed by atoms with van der Waals surface area (Å²) in [6.45, 7) is 2.90. The maximum Gasteiger partial charge on any atom is 0.133 e. The molecule has 1 aromatic heterocycles. The summed E-state index contributed by atoms with van der Waals surface area (Å²) in [7, 11) is 1.68. The number of fused-ring (bicyclic) bond motifs is 1. The molecule has 0 aliphatic carbocycles. The van der Waals surface area contributed by atoms with Gasteiger partial charge < -0.3 is 14.8 Å². The second kappa shape index (κ2) is 7.71. The van der Waals surface area contributed by atoms with Gasteiger partial charge in [-0.1, -0.05) is 24.3 Å². The Labute approximate surface area is 113 Å². The molecule has 1 heterocycles. The molecular formula is C15H20N2O2. The van der Waals surface area contributed by atoms with Gasteiger partial charge in [-0.3, -0.25) is 0 Å². The number of methoxy groups -OCH3 is 1. The summed E-state index contributed by atoms with van der Waals surface area (Å²) in [6, 6.07) is 10.3. The maximum absolute atomic E-state index is 5.41. The van der Waals surface area contributed by atoms with E-state index in [0.29, 0.717) is 13.2 Å². The van der Waals surface area contributed by atoms with Crippen LogP contribution < -0.4 is 5.32 Å². The Kier molecular flexibility index (Phi) is 5.59. The van der Waals surface area contributed by atoms with Gasteiger partial charge in [0.15, 0.2) is 0 Å². The van der Waals surface area contributed by atoms with E-state index in [1.807, 2.05) is 24.4 Å². The molecule has 0 amide bonds. The minimum Gasteiger partial charge on any atom is -0.382 e. The zero-order valence-electron chi connectivity index (χ0n) is 11.3. The van der Waals surface area contributed by atoms with Gasteiger partial charge in [0.05, 0.1) is 13.2 Å². The van der Waals surface area contributed by atoms with Crippen molar-refractivity contribution >= 4 is 16.6 Å². The van der Waals surface area contributed by atoms with Crippen molar-refractivity contribution in [3.8, 4) is 0 Å². The third-order valence-corrected chi connectivity index (χ3v) is 2.86. The minimum atomic E-state index is 0.651. The van der Waals surface area contributed by atoms with Gasteiger partial charge in [0.2, 0.25) is 0 Å². The Hall–Kier alpha value is -1.65. The molecule has 2 rings (SSSR count). The first-order chi connectivity index (χ1) is 9.42. The van der Waals surface area contributed by atoms with Crippen LogP contribution in [0.25, 0.3) is 10.8 Å². The highest BCUT2D eigenvalue weighted by atomic mass is 16.5. The third-order valence-electron chi connectivity index (χ3n) is 2.86. The van der Waals surface area contributed by atoms with E-state index in [1.165, 1.54) is 5.39 Å². The summed E-state index contributed by atoms with van der Waals surface area (Å²) < 4.78 is 10.3. The first-order valence-electron chi connectivity index (χ1n) is 6.56. The Morgan fingerprint density at radius 2 is 2.00 bits per heavy atom. The van der Waals surface area contributed by atoms with Gasteiger partial charge in [0.25, 0.3) is 0 Å². The van der Waals surface area contributed by atoms with E-state index in [-0.39, 0.29) is 0 Å². The number of pyridine rings is 1. The van der Waals surface area contributed by atoms with Crippen molar-refractivity contribution in [2.24, 2.45) is 0 Å². The van der Waals surface area contributed by atoms with Crippen LogP contribution in [0, 0.1) is 0 Å². The molecule has 4 nitrogen and oxygen atoms in total. The van der Waals surface area contributed by atoms with Crippen LogP contribution >= 0.6 is 0 Å². The smallest absolute Gasteiger partial charge is 0.133 e. The first-order valence-corrected chi connectivity index (χ1v) is 6.56. The number of ether oxygens (including phenoxy) is 2. The van der Waals surface area contributed by atoms with Gasteiger partial charge in [-0.2, -0.15) is 0 Å². The molecule has 0 aliphatic heterocycles. The van der Waals surface area contributed by atoms with Gasteiger partial charge in [-0.15, -0.1) is 0 Å². The molecule has 1 aromatic carbocycles. The number of benzene rings is 1. The number of anilines is 1. The summed E-state index contributed by atoms with van der Waals surface area (Å²) >= 11 is 0. The predicted octanol–water partition coefficient (Wildman–Crippen LogP) is 2.70. The second-order valence-electron chi connectivity index (χ2n) is 4.27. The van der Waals surface area contributed by atoms with E-state index >= 15 is 0 Å². The van der Waals surface area contributed by atoms with Gasteiger partial charge in [0, 0.05) is 31.8 Å². The van der Waals surface area contributed by atoms with Crippen LogP contribution in [0.5, 0.6) is 0 Å². The van der Waals surface area contributed by atoms with Crippen LogP contribution in [0.4, 0.5) is 5.82 Å². The fourth-order valence-electron chi connectivity index (χ4n) is 1.89. The largest absolute Gasteiger partial charge is 0.382 e. The average Bonchev–Trinajstić information content (AvgIpc) is 2.46. The molecule has 19 heavy (non-hydrogen) atoms. The molecule has 0 unspecified atom stereocenters. The molecule has 0 aliphatic rings. The van der Waals surface area contributed by atoms with Crippen LogP contribution in [-0.2, 0) is 9.47 Å². The number of nitrogens with zero attached hydrogens (tertiary/aromatic N) is 1. The fourth-order valence-corrected chi connectivity index (χ4v) is 1.89. The van der Waals surface area contributed by atoms with Crippen molar-refractivity contribution < 1.29 is 9.47 Å². The Balaban J connectivity index is 1.78. The van der Waals surface area contributed by atoms with E-state index in [9.17, 15) is 0 Å². The van der Waals surface area contributed by atoms with E-state index in [0.717, 1.165) is 30.8 Å². The summed E-state index contributed by atoms with van der Waals surface area (Å²) in [4.78, 5) is 4.38. The summed E-state index contributed by atoms with van der Waals surface area (Å²) in [6.07, 6.45) is 2.79. The van der Waals surface area contributed by atoms with E-state index in [2.05, 4.69) is 22.4 Å². The van der Waals surface area contributed by atoms with Crippen molar-refractivity contribution in [1.29, 1.82) is 0 Å². The monoisotopic (exact) mass is 260 g/mol. The SMILES string of the molecule is COCCOCCCNc1nccc2ccccc12. The zero-order valence-corrected chi connectivity index (χ0v) is 11.3.